The first-order valence-corrected chi connectivity index (χ1v) is 11.1. The molecule has 0 saturated heterocycles. The third kappa shape index (κ3) is 5.07. The van der Waals surface area contributed by atoms with Gasteiger partial charge in [-0.05, 0) is 57.9 Å². The summed E-state index contributed by atoms with van der Waals surface area (Å²) in [7, 11) is 0. The van der Waals surface area contributed by atoms with Crippen molar-refractivity contribution < 1.29 is 4.79 Å². The van der Waals surface area contributed by atoms with Crippen LogP contribution in [-0.4, -0.2) is 25.9 Å². The van der Waals surface area contributed by atoms with Gasteiger partial charge < -0.3 is 5.32 Å². The molecule has 0 spiro atoms. The van der Waals surface area contributed by atoms with Gasteiger partial charge in [0.15, 0.2) is 5.82 Å². The van der Waals surface area contributed by atoms with Crippen molar-refractivity contribution in [3.8, 4) is 11.3 Å². The SMILES string of the molecule is O=C(Nc1nn(Cc2ccc(Cl)c(Cl)c2)cc1Br)c1cc(-c2ccc(Cl)cc2Cl)n[nH]1. The summed E-state index contributed by atoms with van der Waals surface area (Å²) in [6, 6.07) is 12.0. The zero-order valence-electron chi connectivity index (χ0n) is 15.5. The maximum atomic E-state index is 12.7. The van der Waals surface area contributed by atoms with E-state index in [2.05, 4.69) is 36.5 Å². The van der Waals surface area contributed by atoms with E-state index >= 15 is 0 Å². The maximum absolute atomic E-state index is 12.7. The number of hydrogen-bond acceptors (Lipinski definition) is 3. The number of carbonyl (C=O) groups excluding carboxylic acids is 1. The number of aromatic nitrogens is 4. The van der Waals surface area contributed by atoms with Crippen molar-refractivity contribution in [1.29, 1.82) is 0 Å². The van der Waals surface area contributed by atoms with Crippen LogP contribution in [0.15, 0.2) is 53.1 Å². The Kier molecular flexibility index (Phi) is 6.60. The lowest BCUT2D eigenvalue weighted by Gasteiger charge is -2.04. The fourth-order valence-corrected chi connectivity index (χ4v) is 4.08. The number of benzene rings is 2. The summed E-state index contributed by atoms with van der Waals surface area (Å²) in [5, 5.41) is 15.9. The van der Waals surface area contributed by atoms with Crippen molar-refractivity contribution in [3.05, 3.63) is 84.5 Å². The van der Waals surface area contributed by atoms with Gasteiger partial charge in [0, 0.05) is 16.8 Å². The van der Waals surface area contributed by atoms with E-state index in [1.54, 1.807) is 47.3 Å². The molecule has 4 rings (SSSR count). The topological polar surface area (TPSA) is 75.6 Å². The molecule has 0 aliphatic carbocycles. The summed E-state index contributed by atoms with van der Waals surface area (Å²) in [5.41, 5.74) is 2.36. The van der Waals surface area contributed by atoms with Gasteiger partial charge in [0.2, 0.25) is 0 Å². The fraction of sp³-hybridized carbons (Fsp3) is 0.0500. The highest BCUT2D eigenvalue weighted by Crippen LogP contribution is 2.30. The minimum absolute atomic E-state index is 0.256. The predicted octanol–water partition coefficient (Wildman–Crippen LogP) is 6.95. The normalized spacial score (nSPS) is 11.0. The molecule has 0 aliphatic rings. The first-order chi connectivity index (χ1) is 14.8. The van der Waals surface area contributed by atoms with Gasteiger partial charge in [0.25, 0.3) is 5.91 Å². The molecule has 2 aromatic carbocycles. The number of anilines is 1. The van der Waals surface area contributed by atoms with Gasteiger partial charge in [-0.3, -0.25) is 14.6 Å². The number of rotatable bonds is 5. The Balaban J connectivity index is 1.49. The zero-order valence-corrected chi connectivity index (χ0v) is 20.1. The molecule has 0 atom stereocenters. The van der Waals surface area contributed by atoms with Crippen LogP contribution < -0.4 is 5.32 Å². The van der Waals surface area contributed by atoms with E-state index in [4.69, 9.17) is 46.4 Å². The smallest absolute Gasteiger partial charge is 0.274 e. The third-order valence-corrected chi connectivity index (χ3v) is 6.17. The molecule has 31 heavy (non-hydrogen) atoms. The van der Waals surface area contributed by atoms with Crippen LogP contribution in [0.1, 0.15) is 16.1 Å². The van der Waals surface area contributed by atoms with E-state index in [-0.39, 0.29) is 5.69 Å². The highest BCUT2D eigenvalue weighted by atomic mass is 79.9. The van der Waals surface area contributed by atoms with Crippen LogP contribution in [0.25, 0.3) is 11.3 Å². The monoisotopic (exact) mass is 557 g/mol. The molecule has 2 N–H and O–H groups in total. The molecule has 0 fully saturated rings. The highest BCUT2D eigenvalue weighted by Gasteiger charge is 2.16. The van der Waals surface area contributed by atoms with Crippen molar-refractivity contribution >= 4 is 74.1 Å². The summed E-state index contributed by atoms with van der Waals surface area (Å²) in [6.45, 7) is 0.453. The van der Waals surface area contributed by atoms with Crippen LogP contribution in [0.5, 0.6) is 0 Å². The lowest BCUT2D eigenvalue weighted by Crippen LogP contribution is -2.13. The van der Waals surface area contributed by atoms with Gasteiger partial charge >= 0.3 is 0 Å². The number of aromatic amines is 1. The van der Waals surface area contributed by atoms with E-state index in [9.17, 15) is 4.79 Å². The Morgan fingerprint density at radius 2 is 1.84 bits per heavy atom. The first-order valence-electron chi connectivity index (χ1n) is 8.79. The van der Waals surface area contributed by atoms with E-state index in [1.807, 2.05) is 6.07 Å². The summed E-state index contributed by atoms with van der Waals surface area (Å²) >= 11 is 27.6. The van der Waals surface area contributed by atoms with E-state index < -0.39 is 5.91 Å². The van der Waals surface area contributed by atoms with Crippen LogP contribution in [0.2, 0.25) is 20.1 Å². The second kappa shape index (κ2) is 9.22. The summed E-state index contributed by atoms with van der Waals surface area (Å²) in [4.78, 5) is 12.7. The Hall–Kier alpha value is -2.03. The average Bonchev–Trinajstić information content (AvgIpc) is 3.32. The molecule has 11 heteroatoms. The molecule has 0 bridgehead atoms. The van der Waals surface area contributed by atoms with Crippen LogP contribution in [0.4, 0.5) is 5.82 Å². The number of halogens is 5. The lowest BCUT2D eigenvalue weighted by atomic mass is 10.1. The molecule has 0 saturated carbocycles. The lowest BCUT2D eigenvalue weighted by molar-refractivity contribution is 0.102. The molecule has 0 radical (unpaired) electrons. The van der Waals surface area contributed by atoms with E-state index in [1.165, 1.54) is 0 Å². The number of hydrogen-bond donors (Lipinski definition) is 2. The molecule has 0 unspecified atom stereocenters. The standard InChI is InChI=1S/C20H12BrCl4N5O/c21-13-9-30(8-10-1-4-14(23)16(25)5-10)29-19(13)26-20(31)18-7-17(27-28-18)12-3-2-11(22)6-15(12)24/h1-7,9H,8H2,(H,27,28)(H,26,29,31). The Labute approximate surface area is 205 Å². The van der Waals surface area contributed by atoms with Crippen LogP contribution in [0.3, 0.4) is 0 Å². The van der Waals surface area contributed by atoms with Gasteiger partial charge in [-0.15, -0.1) is 0 Å². The Bertz CT molecular complexity index is 1290. The minimum Gasteiger partial charge on any atom is -0.303 e. The number of amides is 1. The molecular weight excluding hydrogens is 548 g/mol. The van der Waals surface area contributed by atoms with E-state index in [0.29, 0.717) is 48.2 Å². The largest absolute Gasteiger partial charge is 0.303 e. The maximum Gasteiger partial charge on any atom is 0.274 e. The Morgan fingerprint density at radius 3 is 2.58 bits per heavy atom. The number of nitrogens with one attached hydrogen (secondary N) is 2. The molecule has 2 heterocycles. The average molecular weight is 560 g/mol. The second-order valence-corrected chi connectivity index (χ2v) is 9.03. The van der Waals surface area contributed by atoms with Gasteiger partial charge in [-0.2, -0.15) is 10.2 Å². The highest BCUT2D eigenvalue weighted by molar-refractivity contribution is 9.10. The summed E-state index contributed by atoms with van der Waals surface area (Å²) in [5.74, 6) is -0.0324. The molecule has 4 aromatic rings. The van der Waals surface area contributed by atoms with Gasteiger partial charge in [-0.1, -0.05) is 52.5 Å². The number of nitrogens with zero attached hydrogens (tertiary/aromatic N) is 3. The molecular formula is C20H12BrCl4N5O. The van der Waals surface area contributed by atoms with Crippen molar-refractivity contribution in [1.82, 2.24) is 20.0 Å². The first kappa shape index (κ1) is 22.2. The summed E-state index contributed by atoms with van der Waals surface area (Å²) in [6.07, 6.45) is 1.75. The predicted molar refractivity (Wildman–Crippen MR) is 127 cm³/mol. The zero-order chi connectivity index (χ0) is 22.1. The number of carbonyl (C=O) groups is 1. The van der Waals surface area contributed by atoms with E-state index in [0.717, 1.165) is 5.56 Å². The van der Waals surface area contributed by atoms with Crippen LogP contribution in [0, 0.1) is 0 Å². The summed E-state index contributed by atoms with van der Waals surface area (Å²) < 4.78 is 2.30. The Morgan fingerprint density at radius 1 is 1.03 bits per heavy atom. The molecule has 2 aromatic heterocycles. The van der Waals surface area contributed by atoms with Crippen LogP contribution >= 0.6 is 62.3 Å². The second-order valence-electron chi connectivity index (χ2n) is 6.52. The molecule has 0 aliphatic heterocycles. The molecule has 1 amide bonds. The number of H-pyrrole nitrogens is 1. The molecule has 158 valence electrons. The third-order valence-electron chi connectivity index (χ3n) is 4.31. The van der Waals surface area contributed by atoms with Crippen molar-refractivity contribution in [2.45, 2.75) is 6.54 Å². The fourth-order valence-electron chi connectivity index (χ4n) is 2.84. The van der Waals surface area contributed by atoms with Crippen molar-refractivity contribution in [2.75, 3.05) is 5.32 Å². The van der Waals surface area contributed by atoms with Crippen molar-refractivity contribution in [3.63, 3.8) is 0 Å². The van der Waals surface area contributed by atoms with Crippen molar-refractivity contribution in [2.24, 2.45) is 0 Å². The van der Waals surface area contributed by atoms with Crippen LogP contribution in [-0.2, 0) is 6.54 Å². The van der Waals surface area contributed by atoms with Gasteiger partial charge in [0.1, 0.15) is 5.69 Å². The van der Waals surface area contributed by atoms with Gasteiger partial charge in [-0.25, -0.2) is 0 Å². The molecule has 6 nitrogen and oxygen atoms in total. The minimum atomic E-state index is -0.399. The van der Waals surface area contributed by atoms with Gasteiger partial charge in [0.05, 0.1) is 31.8 Å². The quantitative estimate of drug-likeness (QED) is 0.278.